The average Bonchev–Trinajstić information content (AvgIpc) is 2.84. The molecule has 0 aliphatic carbocycles. The first-order valence-corrected chi connectivity index (χ1v) is 8.02. The van der Waals surface area contributed by atoms with E-state index in [1.807, 2.05) is 42.5 Å². The molecule has 1 fully saturated rings. The minimum atomic E-state index is -0.257. The Hall–Kier alpha value is -2.59. The zero-order chi connectivity index (χ0) is 16.2. The molecule has 0 spiro atoms. The summed E-state index contributed by atoms with van der Waals surface area (Å²) in [5.74, 6) is -0.257. The second-order valence-electron chi connectivity index (χ2n) is 5.07. The van der Waals surface area contributed by atoms with E-state index in [9.17, 15) is 9.59 Å². The third kappa shape index (κ3) is 3.27. The van der Waals surface area contributed by atoms with Gasteiger partial charge < -0.3 is 0 Å². The van der Waals surface area contributed by atoms with Gasteiger partial charge in [-0.3, -0.25) is 14.5 Å². The lowest BCUT2D eigenvalue weighted by Gasteiger charge is -2.07. The highest BCUT2D eigenvalue weighted by atomic mass is 32.2. The van der Waals surface area contributed by atoms with Crippen molar-refractivity contribution in [1.82, 2.24) is 4.90 Å². The molecule has 2 amide bonds. The van der Waals surface area contributed by atoms with E-state index in [1.54, 1.807) is 12.2 Å². The van der Waals surface area contributed by atoms with Crippen LogP contribution >= 0.6 is 11.8 Å². The lowest BCUT2D eigenvalue weighted by molar-refractivity contribution is -0.122. The summed E-state index contributed by atoms with van der Waals surface area (Å²) >= 11 is 0.968. The molecule has 4 heteroatoms. The zero-order valence-corrected chi connectivity index (χ0v) is 13.3. The van der Waals surface area contributed by atoms with Crippen molar-refractivity contribution >= 4 is 29.0 Å². The van der Waals surface area contributed by atoms with Crippen molar-refractivity contribution in [3.05, 3.63) is 77.7 Å². The van der Waals surface area contributed by atoms with Gasteiger partial charge in [-0.25, -0.2) is 0 Å². The fourth-order valence-electron chi connectivity index (χ4n) is 2.34. The molecule has 0 atom stereocenters. The quantitative estimate of drug-likeness (QED) is 0.611. The Morgan fingerprint density at radius 2 is 1.61 bits per heavy atom. The molecule has 23 heavy (non-hydrogen) atoms. The first-order chi connectivity index (χ1) is 11.2. The zero-order valence-electron chi connectivity index (χ0n) is 12.4. The molecule has 1 heterocycles. The Bertz CT molecular complexity index is 779. The molecule has 1 aliphatic heterocycles. The number of rotatable bonds is 4. The smallest absolute Gasteiger partial charge is 0.268 e. The van der Waals surface area contributed by atoms with Crippen LogP contribution in [0.2, 0.25) is 0 Å². The maximum Gasteiger partial charge on any atom is 0.293 e. The van der Waals surface area contributed by atoms with E-state index in [0.29, 0.717) is 4.91 Å². The minimum absolute atomic E-state index is 0.245. The van der Waals surface area contributed by atoms with Crippen molar-refractivity contribution in [3.8, 4) is 11.1 Å². The molecule has 0 radical (unpaired) electrons. The predicted molar refractivity (Wildman–Crippen MR) is 94.8 cm³/mol. The summed E-state index contributed by atoms with van der Waals surface area (Å²) in [7, 11) is 0. The molecule has 114 valence electrons. The number of thioether (sulfide) groups is 1. The summed E-state index contributed by atoms with van der Waals surface area (Å²) in [6.07, 6.45) is 3.30. The highest BCUT2D eigenvalue weighted by Crippen LogP contribution is 2.32. The summed E-state index contributed by atoms with van der Waals surface area (Å²) in [6, 6.07) is 18.0. The van der Waals surface area contributed by atoms with Gasteiger partial charge in [-0.2, -0.15) is 0 Å². The van der Waals surface area contributed by atoms with Crippen molar-refractivity contribution in [3.63, 3.8) is 0 Å². The van der Waals surface area contributed by atoms with Gasteiger partial charge in [0.25, 0.3) is 11.1 Å². The number of benzene rings is 2. The molecule has 2 aromatic carbocycles. The molecule has 0 N–H and O–H groups in total. The van der Waals surface area contributed by atoms with Crippen LogP contribution in [0, 0.1) is 0 Å². The Morgan fingerprint density at radius 1 is 0.957 bits per heavy atom. The average molecular weight is 321 g/mol. The normalized spacial score (nSPS) is 16.2. The number of hydrogen-bond acceptors (Lipinski definition) is 3. The molecule has 0 unspecified atom stereocenters. The lowest BCUT2D eigenvalue weighted by Crippen LogP contribution is -2.27. The van der Waals surface area contributed by atoms with Crippen LogP contribution in [0.1, 0.15) is 5.56 Å². The van der Waals surface area contributed by atoms with E-state index in [4.69, 9.17) is 0 Å². The van der Waals surface area contributed by atoms with Crippen molar-refractivity contribution in [2.75, 3.05) is 6.54 Å². The molecule has 0 bridgehead atoms. The van der Waals surface area contributed by atoms with Crippen LogP contribution in [0.5, 0.6) is 0 Å². The maximum atomic E-state index is 12.2. The predicted octanol–water partition coefficient (Wildman–Crippen LogP) is 4.58. The number of amides is 2. The van der Waals surface area contributed by atoms with Gasteiger partial charge in [-0.15, -0.1) is 6.58 Å². The summed E-state index contributed by atoms with van der Waals surface area (Å²) in [6.45, 7) is 3.81. The Labute approximate surface area is 139 Å². The van der Waals surface area contributed by atoms with Gasteiger partial charge in [0, 0.05) is 6.54 Å². The van der Waals surface area contributed by atoms with Crippen molar-refractivity contribution in [2.45, 2.75) is 0 Å². The van der Waals surface area contributed by atoms with Gasteiger partial charge in [0.1, 0.15) is 0 Å². The van der Waals surface area contributed by atoms with Crippen LogP contribution < -0.4 is 0 Å². The van der Waals surface area contributed by atoms with Gasteiger partial charge >= 0.3 is 0 Å². The van der Waals surface area contributed by atoms with Crippen LogP contribution in [0.4, 0.5) is 4.79 Å². The molecule has 2 aromatic rings. The number of carbonyl (C=O) groups excluding carboxylic acids is 2. The van der Waals surface area contributed by atoms with Crippen molar-refractivity contribution < 1.29 is 9.59 Å². The first kappa shape index (κ1) is 15.3. The second kappa shape index (κ2) is 6.67. The number of carbonyl (C=O) groups is 2. The highest BCUT2D eigenvalue weighted by molar-refractivity contribution is 8.18. The Kier molecular flexibility index (Phi) is 4.44. The van der Waals surface area contributed by atoms with E-state index < -0.39 is 0 Å². The summed E-state index contributed by atoms with van der Waals surface area (Å²) < 4.78 is 0. The summed E-state index contributed by atoms with van der Waals surface area (Å²) in [5, 5.41) is -0.248. The Balaban J connectivity index is 1.82. The summed E-state index contributed by atoms with van der Waals surface area (Å²) in [5.41, 5.74) is 3.15. The van der Waals surface area contributed by atoms with Crippen molar-refractivity contribution in [1.29, 1.82) is 0 Å². The largest absolute Gasteiger partial charge is 0.293 e. The second-order valence-corrected chi connectivity index (χ2v) is 6.06. The van der Waals surface area contributed by atoms with Gasteiger partial charge in [0.15, 0.2) is 0 Å². The monoisotopic (exact) mass is 321 g/mol. The first-order valence-electron chi connectivity index (χ1n) is 7.21. The van der Waals surface area contributed by atoms with Crippen LogP contribution in [0.15, 0.2) is 72.2 Å². The van der Waals surface area contributed by atoms with Crippen LogP contribution in [0.25, 0.3) is 17.2 Å². The van der Waals surface area contributed by atoms with E-state index in [2.05, 4.69) is 18.7 Å². The lowest BCUT2D eigenvalue weighted by atomic mass is 10.0. The molecule has 1 saturated heterocycles. The van der Waals surface area contributed by atoms with E-state index in [0.717, 1.165) is 28.5 Å². The SMILES string of the molecule is C=CCN1C(=O)SC(=Cc2ccc(-c3ccccc3)cc2)C1=O. The molecule has 1 aliphatic rings. The van der Waals surface area contributed by atoms with Crippen LogP contribution in [0.3, 0.4) is 0 Å². The molecular formula is C19H15NO2S. The number of imide groups is 1. The minimum Gasteiger partial charge on any atom is -0.268 e. The number of hydrogen-bond donors (Lipinski definition) is 0. The van der Waals surface area contributed by atoms with Gasteiger partial charge in [-0.1, -0.05) is 60.7 Å². The molecule has 0 saturated carbocycles. The Morgan fingerprint density at radius 3 is 2.26 bits per heavy atom. The fourth-order valence-corrected chi connectivity index (χ4v) is 3.19. The summed E-state index contributed by atoms with van der Waals surface area (Å²) in [4.78, 5) is 25.6. The standard InChI is InChI=1S/C19H15NO2S/c1-2-12-20-18(21)17(23-19(20)22)13-14-8-10-16(11-9-14)15-6-4-3-5-7-15/h2-11,13H,1,12H2. The van der Waals surface area contributed by atoms with E-state index >= 15 is 0 Å². The van der Waals surface area contributed by atoms with Crippen molar-refractivity contribution in [2.24, 2.45) is 0 Å². The topological polar surface area (TPSA) is 37.4 Å². The third-order valence-electron chi connectivity index (χ3n) is 3.50. The molecule has 3 nitrogen and oxygen atoms in total. The number of nitrogens with zero attached hydrogens (tertiary/aromatic N) is 1. The van der Waals surface area contributed by atoms with Gasteiger partial charge in [0.2, 0.25) is 0 Å². The fraction of sp³-hybridized carbons (Fsp3) is 0.0526. The van der Waals surface area contributed by atoms with E-state index in [1.165, 1.54) is 4.90 Å². The molecule has 0 aromatic heterocycles. The van der Waals surface area contributed by atoms with Crippen LogP contribution in [-0.2, 0) is 4.79 Å². The van der Waals surface area contributed by atoms with Gasteiger partial charge in [0.05, 0.1) is 4.91 Å². The van der Waals surface area contributed by atoms with Gasteiger partial charge in [-0.05, 0) is 34.5 Å². The maximum absolute atomic E-state index is 12.2. The molecule has 3 rings (SSSR count). The molecular weight excluding hydrogens is 306 g/mol. The van der Waals surface area contributed by atoms with E-state index in [-0.39, 0.29) is 17.7 Å². The highest BCUT2D eigenvalue weighted by Gasteiger charge is 2.33. The van der Waals surface area contributed by atoms with Crippen LogP contribution in [-0.4, -0.2) is 22.6 Å². The third-order valence-corrected chi connectivity index (χ3v) is 4.41.